The molecule has 0 rings (SSSR count). The van der Waals surface area contributed by atoms with Crippen molar-refractivity contribution in [1.82, 2.24) is 6.15 Å². The van der Waals surface area contributed by atoms with E-state index in [0.717, 1.165) is 0 Å². The van der Waals surface area contributed by atoms with E-state index in [1.165, 1.54) is 0 Å². The van der Waals surface area contributed by atoms with Crippen LogP contribution in [0.4, 0.5) is 0 Å². The van der Waals surface area contributed by atoms with Gasteiger partial charge in [-0.25, -0.2) is 0 Å². The Labute approximate surface area is 50.8 Å². The van der Waals surface area contributed by atoms with Crippen molar-refractivity contribution in [2.24, 2.45) is 0 Å². The van der Waals surface area contributed by atoms with Crippen molar-refractivity contribution in [2.75, 3.05) is 0 Å². The predicted molar refractivity (Wildman–Crippen MR) is 26.5 cm³/mol. The van der Waals surface area contributed by atoms with E-state index in [0.29, 0.717) is 0 Å². The molecule has 0 heterocycles. The molecule has 30 valence electrons. The zero-order chi connectivity index (χ0) is 0. The Morgan fingerprint density at radius 3 is 1.00 bits per heavy atom. The topological polar surface area (TPSA) is 35.0 Å². The van der Waals surface area contributed by atoms with Gasteiger partial charge in [0.1, 0.15) is 0 Å². The van der Waals surface area contributed by atoms with Crippen LogP contribution in [0.5, 0.6) is 0 Å². The monoisotopic (exact) mass is 183 g/mol. The van der Waals surface area contributed by atoms with Gasteiger partial charge in [0.15, 0.2) is 0 Å². The Hall–Kier alpha value is 1.43. The van der Waals surface area contributed by atoms with Crippen LogP contribution < -0.4 is 6.15 Å². The van der Waals surface area contributed by atoms with Gasteiger partial charge in [0.05, 0.1) is 0 Å². The second-order valence-corrected chi connectivity index (χ2v) is 0. The zero-order valence-corrected chi connectivity index (χ0v) is 6.74. The van der Waals surface area contributed by atoms with E-state index in [1.54, 1.807) is 0 Å². The second kappa shape index (κ2) is 25.5. The first kappa shape index (κ1) is 52.2. The fraction of sp³-hybridized carbons (Fsp3) is 0. The van der Waals surface area contributed by atoms with Gasteiger partial charge in [0, 0.05) is 21.1 Å². The minimum atomic E-state index is 0. The van der Waals surface area contributed by atoms with E-state index >= 15 is 0 Å². The molecular formula is H8MoNPS. The number of hydrogen-bond donors (Lipinski definition) is 1. The maximum Gasteiger partial charge on any atom is 0 e. The van der Waals surface area contributed by atoms with Crippen molar-refractivity contribution < 1.29 is 21.1 Å². The Balaban J connectivity index is 0. The van der Waals surface area contributed by atoms with Gasteiger partial charge in [-0.3, -0.25) is 0 Å². The summed E-state index contributed by atoms with van der Waals surface area (Å²) >= 11 is 0. The Kier molecular flexibility index (Phi) is 333. The van der Waals surface area contributed by atoms with E-state index in [2.05, 4.69) is 0 Å². The van der Waals surface area contributed by atoms with Gasteiger partial charge in [-0.1, -0.05) is 0 Å². The minimum absolute atomic E-state index is 0. The standard InChI is InChI=1S/Mo.H3N.H3P.H2S/h;2*1H3;1H2. The number of hydrogen-bond acceptors (Lipinski definition) is 1. The van der Waals surface area contributed by atoms with Crippen LogP contribution in [0.1, 0.15) is 0 Å². The second-order valence-electron chi connectivity index (χ2n) is 0. The molecule has 1 atom stereocenters. The minimum Gasteiger partial charge on any atom is -0.344 e. The Bertz CT molecular complexity index is 8.00. The maximum atomic E-state index is 0. The molecule has 0 aliphatic heterocycles. The summed E-state index contributed by atoms with van der Waals surface area (Å²) in [5.74, 6) is 0. The van der Waals surface area contributed by atoms with Crippen LogP contribution in [0.3, 0.4) is 0 Å². The molecule has 4 heavy (non-hydrogen) atoms. The summed E-state index contributed by atoms with van der Waals surface area (Å²) in [4.78, 5) is 0. The van der Waals surface area contributed by atoms with Crippen LogP contribution in [0.2, 0.25) is 0 Å². The molecule has 0 bridgehead atoms. The van der Waals surface area contributed by atoms with E-state index in [-0.39, 0.29) is 50.6 Å². The number of rotatable bonds is 0. The third kappa shape index (κ3) is 9.91. The average Bonchev–Trinajstić information content (AvgIpc) is 0. The van der Waals surface area contributed by atoms with Gasteiger partial charge in [0.25, 0.3) is 0 Å². The van der Waals surface area contributed by atoms with Crippen molar-refractivity contribution in [3.63, 3.8) is 0 Å². The summed E-state index contributed by atoms with van der Waals surface area (Å²) in [6.07, 6.45) is 0. The molecule has 0 amide bonds. The van der Waals surface area contributed by atoms with E-state index < -0.39 is 0 Å². The fourth-order valence-electron chi connectivity index (χ4n) is 0. The summed E-state index contributed by atoms with van der Waals surface area (Å²) in [5, 5.41) is 0. The van der Waals surface area contributed by atoms with Gasteiger partial charge in [0.2, 0.25) is 0 Å². The van der Waals surface area contributed by atoms with Crippen molar-refractivity contribution in [3.05, 3.63) is 0 Å². The SMILES string of the molecule is N.P.S.[Mo]. The average molecular weight is 181 g/mol. The summed E-state index contributed by atoms with van der Waals surface area (Å²) in [6.45, 7) is 0. The first-order valence-corrected chi connectivity index (χ1v) is 0. The first-order chi connectivity index (χ1) is 0. The first-order valence-electron chi connectivity index (χ1n) is 0. The summed E-state index contributed by atoms with van der Waals surface area (Å²) < 4.78 is 0. The predicted octanol–water partition coefficient (Wildman–Crippen LogP) is 0.330. The quantitative estimate of drug-likeness (QED) is 0.424. The van der Waals surface area contributed by atoms with Gasteiger partial charge in [-0.05, 0) is 0 Å². The molecule has 0 saturated heterocycles. The molecule has 1 nitrogen and oxygen atoms in total. The van der Waals surface area contributed by atoms with E-state index in [9.17, 15) is 0 Å². The Morgan fingerprint density at radius 1 is 1.00 bits per heavy atom. The third-order valence-corrected chi connectivity index (χ3v) is 0. The van der Waals surface area contributed by atoms with Gasteiger partial charge in [-0.15, -0.1) is 0 Å². The molecule has 0 fully saturated rings. The molecule has 0 aromatic rings. The Morgan fingerprint density at radius 2 is 1.00 bits per heavy atom. The summed E-state index contributed by atoms with van der Waals surface area (Å²) in [5.41, 5.74) is 0. The van der Waals surface area contributed by atoms with Crippen LogP contribution >= 0.6 is 23.4 Å². The molecule has 3 N–H and O–H groups in total. The molecule has 0 saturated carbocycles. The molecule has 0 aliphatic carbocycles. The zero-order valence-electron chi connectivity index (χ0n) is 2.32. The maximum absolute atomic E-state index is 0. The normalized spacial score (nSPS) is 0. The summed E-state index contributed by atoms with van der Waals surface area (Å²) in [7, 11) is 0. The van der Waals surface area contributed by atoms with Crippen LogP contribution in [0.15, 0.2) is 0 Å². The molecule has 0 spiro atoms. The van der Waals surface area contributed by atoms with Crippen molar-refractivity contribution >= 4 is 23.4 Å². The summed E-state index contributed by atoms with van der Waals surface area (Å²) in [6, 6.07) is 0. The molecule has 0 radical (unpaired) electrons. The van der Waals surface area contributed by atoms with Crippen LogP contribution in [0, 0.1) is 0 Å². The van der Waals surface area contributed by atoms with Crippen LogP contribution in [-0.2, 0) is 21.1 Å². The van der Waals surface area contributed by atoms with Gasteiger partial charge in [-0.2, -0.15) is 23.4 Å². The third-order valence-electron chi connectivity index (χ3n) is 0. The fourth-order valence-corrected chi connectivity index (χ4v) is 0. The largest absolute Gasteiger partial charge is 0.344 e. The molecule has 0 aliphatic rings. The molecule has 1 unspecified atom stereocenters. The van der Waals surface area contributed by atoms with Crippen molar-refractivity contribution in [3.8, 4) is 0 Å². The molecular weight excluding hydrogens is 173 g/mol. The molecule has 0 aromatic heterocycles. The van der Waals surface area contributed by atoms with Gasteiger partial charge < -0.3 is 6.15 Å². The van der Waals surface area contributed by atoms with Crippen LogP contribution in [-0.4, -0.2) is 0 Å². The molecule has 4 heteroatoms. The smallest absolute Gasteiger partial charge is 0 e. The van der Waals surface area contributed by atoms with Crippen LogP contribution in [0.25, 0.3) is 0 Å². The molecule has 0 aromatic carbocycles. The van der Waals surface area contributed by atoms with E-state index in [4.69, 9.17) is 0 Å². The van der Waals surface area contributed by atoms with Crippen molar-refractivity contribution in [2.45, 2.75) is 0 Å². The van der Waals surface area contributed by atoms with Gasteiger partial charge >= 0.3 is 0 Å². The van der Waals surface area contributed by atoms with Crippen molar-refractivity contribution in [1.29, 1.82) is 0 Å². The van der Waals surface area contributed by atoms with E-state index in [1.807, 2.05) is 0 Å².